The van der Waals surface area contributed by atoms with Gasteiger partial charge in [-0.25, -0.2) is 4.79 Å². The molecule has 0 aliphatic heterocycles. The molecule has 1 amide bonds. The van der Waals surface area contributed by atoms with Gasteiger partial charge in [-0.05, 0) is 73.2 Å². The lowest BCUT2D eigenvalue weighted by Crippen LogP contribution is -2.42. The largest absolute Gasteiger partial charge is 0.462 e. The van der Waals surface area contributed by atoms with Crippen LogP contribution in [0.1, 0.15) is 33.4 Å². The van der Waals surface area contributed by atoms with Crippen LogP contribution < -0.4 is 10.2 Å². The van der Waals surface area contributed by atoms with E-state index in [2.05, 4.69) is 5.32 Å². The molecule has 1 aromatic heterocycles. The summed E-state index contributed by atoms with van der Waals surface area (Å²) in [5.74, 6) is -0.773. The highest BCUT2D eigenvalue weighted by Gasteiger charge is 2.19. The Bertz CT molecular complexity index is 1090. The SMILES string of the molecule is CCOC(=O)c1ccc(N(Cc2ccc(Cl)cc2Cl)C(=S)NC(=O)c2ccco2)cc1. The molecule has 2 aromatic carbocycles. The molecule has 0 radical (unpaired) electrons. The van der Waals surface area contributed by atoms with Crippen LogP contribution in [0, 0.1) is 0 Å². The maximum absolute atomic E-state index is 12.4. The quantitative estimate of drug-likeness (QED) is 0.374. The standard InChI is InChI=1S/C22H18Cl2N2O4S/c1-2-29-21(28)14-6-9-17(10-7-14)26(13-15-5-8-16(23)12-18(15)24)22(31)25-20(27)19-4-3-11-30-19/h3-12H,2,13H2,1H3,(H,25,27,31). The minimum absolute atomic E-state index is 0.129. The summed E-state index contributed by atoms with van der Waals surface area (Å²) >= 11 is 17.8. The van der Waals surface area contributed by atoms with Crippen LogP contribution in [0.2, 0.25) is 10.0 Å². The van der Waals surface area contributed by atoms with Crippen LogP contribution in [0.3, 0.4) is 0 Å². The number of carbonyl (C=O) groups is 2. The molecule has 1 N–H and O–H groups in total. The number of anilines is 1. The molecular formula is C22H18Cl2N2O4S. The summed E-state index contributed by atoms with van der Waals surface area (Å²) in [6.07, 6.45) is 1.40. The number of amides is 1. The third kappa shape index (κ3) is 5.85. The number of benzene rings is 2. The minimum Gasteiger partial charge on any atom is -0.462 e. The molecule has 0 saturated heterocycles. The Morgan fingerprint density at radius 1 is 1.13 bits per heavy atom. The topological polar surface area (TPSA) is 71.8 Å². The predicted octanol–water partition coefficient (Wildman–Crippen LogP) is 5.48. The second-order valence-corrected chi connectivity index (χ2v) is 7.56. The fourth-order valence-electron chi connectivity index (χ4n) is 2.73. The van der Waals surface area contributed by atoms with E-state index >= 15 is 0 Å². The monoisotopic (exact) mass is 476 g/mol. The molecule has 0 bridgehead atoms. The Morgan fingerprint density at radius 2 is 1.87 bits per heavy atom. The van der Waals surface area contributed by atoms with Crippen LogP contribution in [0.15, 0.2) is 65.3 Å². The zero-order chi connectivity index (χ0) is 22.4. The number of hydrogen-bond acceptors (Lipinski definition) is 5. The molecule has 9 heteroatoms. The van der Waals surface area contributed by atoms with Gasteiger partial charge in [0.05, 0.1) is 25.0 Å². The van der Waals surface area contributed by atoms with Crippen molar-refractivity contribution in [2.75, 3.05) is 11.5 Å². The molecule has 0 atom stereocenters. The Morgan fingerprint density at radius 3 is 2.48 bits per heavy atom. The summed E-state index contributed by atoms with van der Waals surface area (Å²) in [6, 6.07) is 14.9. The van der Waals surface area contributed by atoms with Gasteiger partial charge in [0.2, 0.25) is 0 Å². The van der Waals surface area contributed by atoms with Crippen LogP contribution in [-0.2, 0) is 11.3 Å². The molecule has 6 nitrogen and oxygen atoms in total. The highest BCUT2D eigenvalue weighted by atomic mass is 35.5. The Balaban J connectivity index is 1.88. The van der Waals surface area contributed by atoms with Crippen molar-refractivity contribution in [2.24, 2.45) is 0 Å². The minimum atomic E-state index is -0.481. The van der Waals surface area contributed by atoms with Crippen LogP contribution in [0.5, 0.6) is 0 Å². The van der Waals surface area contributed by atoms with Gasteiger partial charge in [0.15, 0.2) is 10.9 Å². The van der Waals surface area contributed by atoms with E-state index < -0.39 is 11.9 Å². The molecule has 3 rings (SSSR count). The van der Waals surface area contributed by atoms with E-state index in [1.165, 1.54) is 12.3 Å². The van der Waals surface area contributed by atoms with Crippen molar-refractivity contribution in [2.45, 2.75) is 13.5 Å². The van der Waals surface area contributed by atoms with E-state index in [0.29, 0.717) is 21.3 Å². The number of nitrogens with one attached hydrogen (secondary N) is 1. The molecule has 0 aliphatic carbocycles. The summed E-state index contributed by atoms with van der Waals surface area (Å²) in [6.45, 7) is 2.28. The van der Waals surface area contributed by atoms with Gasteiger partial charge >= 0.3 is 5.97 Å². The first kappa shape index (κ1) is 22.8. The third-order valence-corrected chi connectivity index (χ3v) is 5.15. The number of thiocarbonyl (C=S) groups is 1. The van der Waals surface area contributed by atoms with Crippen LogP contribution in [0.25, 0.3) is 0 Å². The molecule has 0 fully saturated rings. The van der Waals surface area contributed by atoms with Gasteiger partial charge in [0.25, 0.3) is 5.91 Å². The number of esters is 1. The van der Waals surface area contributed by atoms with Crippen molar-refractivity contribution < 1.29 is 18.7 Å². The summed E-state index contributed by atoms with van der Waals surface area (Å²) in [4.78, 5) is 26.0. The zero-order valence-electron chi connectivity index (χ0n) is 16.4. The number of rotatable bonds is 6. The van der Waals surface area contributed by atoms with Gasteiger partial charge in [-0.2, -0.15) is 0 Å². The Hall–Kier alpha value is -2.87. The molecule has 0 saturated carbocycles. The first-order valence-corrected chi connectivity index (χ1v) is 10.4. The van der Waals surface area contributed by atoms with Crippen molar-refractivity contribution in [3.05, 3.63) is 87.8 Å². The van der Waals surface area contributed by atoms with Gasteiger partial charge in [-0.3, -0.25) is 10.1 Å². The molecular weight excluding hydrogens is 459 g/mol. The zero-order valence-corrected chi connectivity index (χ0v) is 18.8. The smallest absolute Gasteiger partial charge is 0.338 e. The molecule has 0 unspecified atom stereocenters. The number of furan rings is 1. The number of ether oxygens (including phenoxy) is 1. The number of nitrogens with zero attached hydrogens (tertiary/aromatic N) is 1. The lowest BCUT2D eigenvalue weighted by Gasteiger charge is -2.26. The molecule has 31 heavy (non-hydrogen) atoms. The molecule has 0 aliphatic rings. The highest BCUT2D eigenvalue weighted by molar-refractivity contribution is 7.80. The van der Waals surface area contributed by atoms with Gasteiger partial charge in [0.1, 0.15) is 0 Å². The maximum atomic E-state index is 12.4. The highest BCUT2D eigenvalue weighted by Crippen LogP contribution is 2.25. The summed E-state index contributed by atoms with van der Waals surface area (Å²) in [5.41, 5.74) is 1.79. The average Bonchev–Trinajstić information content (AvgIpc) is 3.28. The third-order valence-electron chi connectivity index (χ3n) is 4.24. The number of hydrogen-bond donors (Lipinski definition) is 1. The van der Waals surface area contributed by atoms with Crippen LogP contribution in [-0.4, -0.2) is 23.6 Å². The van der Waals surface area contributed by atoms with E-state index in [4.69, 9.17) is 44.6 Å². The van der Waals surface area contributed by atoms with Gasteiger partial charge < -0.3 is 14.1 Å². The van der Waals surface area contributed by atoms with Crippen molar-refractivity contribution in [3.8, 4) is 0 Å². The number of carbonyl (C=O) groups excluding carboxylic acids is 2. The molecule has 0 spiro atoms. The fraction of sp³-hybridized carbons (Fsp3) is 0.136. The fourth-order valence-corrected chi connectivity index (χ4v) is 3.46. The summed E-state index contributed by atoms with van der Waals surface area (Å²) in [5, 5.41) is 3.76. The maximum Gasteiger partial charge on any atom is 0.338 e. The lowest BCUT2D eigenvalue weighted by molar-refractivity contribution is 0.0526. The summed E-state index contributed by atoms with van der Waals surface area (Å²) in [7, 11) is 0. The average molecular weight is 477 g/mol. The van der Waals surface area contributed by atoms with E-state index in [9.17, 15) is 9.59 Å². The van der Waals surface area contributed by atoms with Gasteiger partial charge in [-0.1, -0.05) is 29.3 Å². The Labute approximate surface area is 194 Å². The van der Waals surface area contributed by atoms with E-state index in [1.807, 2.05) is 0 Å². The molecule has 3 aromatic rings. The van der Waals surface area contributed by atoms with E-state index in [0.717, 1.165) is 5.56 Å². The normalized spacial score (nSPS) is 10.4. The first-order chi connectivity index (χ1) is 14.9. The van der Waals surface area contributed by atoms with Crippen molar-refractivity contribution >= 4 is 58.1 Å². The Kier molecular flexibility index (Phi) is 7.68. The summed E-state index contributed by atoms with van der Waals surface area (Å²) < 4.78 is 10.1. The van der Waals surface area contributed by atoms with Crippen molar-refractivity contribution in [3.63, 3.8) is 0 Å². The second-order valence-electron chi connectivity index (χ2n) is 6.33. The van der Waals surface area contributed by atoms with Gasteiger partial charge in [0, 0.05) is 15.7 Å². The van der Waals surface area contributed by atoms with Crippen LogP contribution in [0.4, 0.5) is 5.69 Å². The first-order valence-electron chi connectivity index (χ1n) is 9.26. The van der Waals surface area contributed by atoms with E-state index in [1.54, 1.807) is 60.4 Å². The van der Waals surface area contributed by atoms with Crippen LogP contribution >= 0.6 is 35.4 Å². The van der Waals surface area contributed by atoms with Crippen molar-refractivity contribution in [1.82, 2.24) is 5.32 Å². The number of halogens is 2. The van der Waals surface area contributed by atoms with E-state index in [-0.39, 0.29) is 24.0 Å². The lowest BCUT2D eigenvalue weighted by atomic mass is 10.1. The predicted molar refractivity (Wildman–Crippen MR) is 124 cm³/mol. The van der Waals surface area contributed by atoms with Gasteiger partial charge in [-0.15, -0.1) is 0 Å². The second kappa shape index (κ2) is 10.4. The van der Waals surface area contributed by atoms with Crippen molar-refractivity contribution in [1.29, 1.82) is 0 Å². The molecule has 1 heterocycles. The molecule has 160 valence electrons.